The number of hydrogen-bond donors (Lipinski definition) is 2. The van der Waals surface area contributed by atoms with Gasteiger partial charge in [-0.15, -0.1) is 0 Å². The zero-order valence-corrected chi connectivity index (χ0v) is 24.9. The van der Waals surface area contributed by atoms with Crippen molar-refractivity contribution in [3.05, 3.63) is 43.7 Å². The van der Waals surface area contributed by atoms with E-state index in [-0.39, 0.29) is 46.6 Å². The normalized spacial score (nSPS) is 13.2. The molecule has 0 aliphatic heterocycles. The minimum absolute atomic E-state index is 0.0347. The minimum atomic E-state index is -0.861. The lowest BCUT2D eigenvalue weighted by Crippen LogP contribution is -2.18. The van der Waals surface area contributed by atoms with Crippen LogP contribution < -0.4 is 39.3 Å². The second-order valence-electron chi connectivity index (χ2n) is 10.4. The molecule has 5 aromatic carbocycles. The Morgan fingerprint density at radius 3 is 1.07 bits per heavy atom. The Hall–Kier alpha value is -4.28. The van der Waals surface area contributed by atoms with Gasteiger partial charge in [0.2, 0.25) is 10.9 Å². The van der Waals surface area contributed by atoms with Crippen LogP contribution in [0.4, 0.5) is 0 Å². The maximum absolute atomic E-state index is 14.1. The zero-order chi connectivity index (χ0) is 30.6. The van der Waals surface area contributed by atoms with Crippen LogP contribution >= 0.6 is 0 Å². The van der Waals surface area contributed by atoms with Crippen molar-refractivity contribution in [1.82, 2.24) is 0 Å². The van der Waals surface area contributed by atoms with Gasteiger partial charge in [-0.3, -0.25) is 9.59 Å². The van der Waals surface area contributed by atoms with Gasteiger partial charge in [-0.2, -0.15) is 0 Å². The van der Waals surface area contributed by atoms with Crippen LogP contribution in [0.3, 0.4) is 0 Å². The molecule has 0 radical (unpaired) electrons. The summed E-state index contributed by atoms with van der Waals surface area (Å²) in [6, 6.07) is 3.24. The predicted molar refractivity (Wildman–Crippen MR) is 161 cm³/mol. The molecular formula is C32H34O10. The summed E-state index contributed by atoms with van der Waals surface area (Å²) >= 11 is 0. The van der Waals surface area contributed by atoms with Crippen LogP contribution in [-0.4, -0.2) is 65.1 Å². The molecule has 42 heavy (non-hydrogen) atoms. The monoisotopic (exact) mass is 578 g/mol. The number of aliphatic hydroxyl groups is 2. The van der Waals surface area contributed by atoms with Crippen molar-refractivity contribution < 1.29 is 38.6 Å². The Balaban J connectivity index is 2.39. The first-order valence-corrected chi connectivity index (χ1v) is 13.4. The molecule has 0 bridgehead atoms. The highest BCUT2D eigenvalue weighted by molar-refractivity contribution is 6.38. The van der Waals surface area contributed by atoms with Crippen LogP contribution in [0.15, 0.2) is 21.7 Å². The van der Waals surface area contributed by atoms with E-state index in [1.165, 1.54) is 42.7 Å². The molecule has 0 unspecified atom stereocenters. The lowest BCUT2D eigenvalue weighted by molar-refractivity contribution is 0.194. The summed E-state index contributed by atoms with van der Waals surface area (Å²) in [5.74, 6) is 1.35. The van der Waals surface area contributed by atoms with Crippen molar-refractivity contribution in [1.29, 1.82) is 0 Å². The minimum Gasteiger partial charge on any atom is -0.496 e. The number of ether oxygens (including phenoxy) is 6. The van der Waals surface area contributed by atoms with Crippen LogP contribution in [-0.2, 0) is 12.8 Å². The predicted octanol–water partition coefficient (Wildman–Crippen LogP) is 3.79. The highest BCUT2D eigenvalue weighted by Gasteiger charge is 2.33. The average Bonchev–Trinajstić information content (AvgIpc) is 2.96. The molecule has 0 heterocycles. The molecule has 0 spiro atoms. The van der Waals surface area contributed by atoms with Crippen LogP contribution in [0.2, 0.25) is 0 Å². The molecule has 5 aromatic rings. The Bertz CT molecular complexity index is 1800. The summed E-state index contributed by atoms with van der Waals surface area (Å²) in [6.45, 7) is 3.23. The van der Waals surface area contributed by atoms with Gasteiger partial charge in [0.25, 0.3) is 0 Å². The molecule has 2 atom stereocenters. The second-order valence-corrected chi connectivity index (χ2v) is 10.4. The van der Waals surface area contributed by atoms with Crippen molar-refractivity contribution in [2.75, 3.05) is 42.7 Å². The summed E-state index contributed by atoms with van der Waals surface area (Å²) in [6.07, 6.45) is -1.62. The lowest BCUT2D eigenvalue weighted by atomic mass is 9.82. The highest BCUT2D eigenvalue weighted by Crippen LogP contribution is 2.53. The summed E-state index contributed by atoms with van der Waals surface area (Å²) in [5, 5.41) is 24.8. The Labute approximate surface area is 241 Å². The summed E-state index contributed by atoms with van der Waals surface area (Å²) in [4.78, 5) is 28.3. The smallest absolute Gasteiger partial charge is 0.232 e. The molecule has 0 amide bonds. The van der Waals surface area contributed by atoms with E-state index in [2.05, 4.69) is 0 Å². The SMILES string of the molecule is COc1c(C[C@@H](C)O)c2c3c(C[C@@H](C)O)c(OC)c(=O)c4c(OC)cc(OC)c(c5c(OC)cc(OC)c(c1=O)c52)c43. The molecule has 222 valence electrons. The van der Waals surface area contributed by atoms with E-state index in [1.54, 1.807) is 26.0 Å². The van der Waals surface area contributed by atoms with Crippen molar-refractivity contribution >= 4 is 43.1 Å². The van der Waals surface area contributed by atoms with E-state index in [0.29, 0.717) is 54.9 Å². The fourth-order valence-corrected chi connectivity index (χ4v) is 6.35. The Morgan fingerprint density at radius 1 is 0.500 bits per heavy atom. The maximum Gasteiger partial charge on any atom is 0.232 e. The summed E-state index contributed by atoms with van der Waals surface area (Å²) < 4.78 is 34.6. The van der Waals surface area contributed by atoms with E-state index in [4.69, 9.17) is 28.4 Å². The van der Waals surface area contributed by atoms with Gasteiger partial charge in [0.05, 0.1) is 65.6 Å². The molecule has 0 aliphatic carbocycles. The van der Waals surface area contributed by atoms with Gasteiger partial charge in [0, 0.05) is 57.6 Å². The van der Waals surface area contributed by atoms with E-state index in [1.807, 2.05) is 0 Å². The molecule has 0 saturated carbocycles. The molecule has 10 heteroatoms. The molecule has 0 fully saturated rings. The van der Waals surface area contributed by atoms with Gasteiger partial charge in [-0.05, 0) is 24.6 Å². The van der Waals surface area contributed by atoms with Crippen molar-refractivity contribution in [2.24, 2.45) is 0 Å². The van der Waals surface area contributed by atoms with Crippen LogP contribution in [0.5, 0.6) is 34.5 Å². The Morgan fingerprint density at radius 2 is 0.810 bits per heavy atom. The number of methoxy groups -OCH3 is 6. The average molecular weight is 579 g/mol. The molecule has 2 N–H and O–H groups in total. The number of fused-ring (bicyclic) bond motifs is 2. The van der Waals surface area contributed by atoms with Gasteiger partial charge in [0.15, 0.2) is 11.5 Å². The summed E-state index contributed by atoms with van der Waals surface area (Å²) in [7, 11) is 8.72. The van der Waals surface area contributed by atoms with Gasteiger partial charge in [-0.1, -0.05) is 0 Å². The molecular weight excluding hydrogens is 544 g/mol. The lowest BCUT2D eigenvalue weighted by Gasteiger charge is -2.25. The molecule has 5 rings (SSSR count). The first-order chi connectivity index (χ1) is 20.1. The van der Waals surface area contributed by atoms with E-state index >= 15 is 0 Å². The number of rotatable bonds is 10. The quantitative estimate of drug-likeness (QED) is 0.186. The molecule has 0 aliphatic rings. The molecule has 0 aromatic heterocycles. The van der Waals surface area contributed by atoms with Crippen LogP contribution in [0, 0.1) is 0 Å². The Kier molecular flexibility index (Phi) is 7.55. The first kappa shape index (κ1) is 29.2. The largest absolute Gasteiger partial charge is 0.496 e. The van der Waals surface area contributed by atoms with Crippen molar-refractivity contribution in [3.8, 4) is 34.5 Å². The van der Waals surface area contributed by atoms with E-state index in [0.717, 1.165) is 0 Å². The van der Waals surface area contributed by atoms with E-state index < -0.39 is 23.1 Å². The summed E-state index contributed by atoms with van der Waals surface area (Å²) in [5.41, 5.74) is 0.0132. The topological polar surface area (TPSA) is 130 Å². The molecule has 0 saturated heterocycles. The first-order valence-electron chi connectivity index (χ1n) is 13.4. The van der Waals surface area contributed by atoms with Gasteiger partial charge in [-0.25, -0.2) is 0 Å². The standard InChI is InChI=1S/C32H34O10/c1-13(33)9-15-21-22-16(10-14(2)34)32(42-8)30(36)26-20(40-6)12-18(38-4)24(28(22)26)23-17(37-3)11-19(39-5)25(27(21)23)29(35)31(15)41-7/h11-14,33-34H,9-10H2,1-8H3/t13-,14-/m1/s1. The fraction of sp³-hybridized carbons (Fsp3) is 0.375. The van der Waals surface area contributed by atoms with Gasteiger partial charge >= 0.3 is 0 Å². The maximum atomic E-state index is 14.1. The number of aliphatic hydroxyl groups excluding tert-OH is 2. The third kappa shape index (κ3) is 4.00. The number of benzene rings is 5. The third-order valence-electron chi connectivity index (χ3n) is 7.82. The third-order valence-corrected chi connectivity index (χ3v) is 7.82. The zero-order valence-electron chi connectivity index (χ0n) is 24.9. The van der Waals surface area contributed by atoms with Gasteiger partial charge < -0.3 is 38.6 Å². The fourth-order valence-electron chi connectivity index (χ4n) is 6.35. The number of hydrogen-bond acceptors (Lipinski definition) is 10. The second kappa shape index (κ2) is 10.8. The highest BCUT2D eigenvalue weighted by atomic mass is 16.5. The van der Waals surface area contributed by atoms with E-state index in [9.17, 15) is 19.8 Å². The van der Waals surface area contributed by atoms with Crippen molar-refractivity contribution in [3.63, 3.8) is 0 Å². The van der Waals surface area contributed by atoms with Crippen molar-refractivity contribution in [2.45, 2.75) is 38.9 Å². The van der Waals surface area contributed by atoms with Crippen LogP contribution in [0.25, 0.3) is 43.1 Å². The molecule has 10 nitrogen and oxygen atoms in total. The van der Waals surface area contributed by atoms with Gasteiger partial charge in [0.1, 0.15) is 23.0 Å². The van der Waals surface area contributed by atoms with Crippen LogP contribution in [0.1, 0.15) is 25.0 Å².